The van der Waals surface area contributed by atoms with Crippen molar-refractivity contribution in [1.29, 1.82) is 0 Å². The quantitative estimate of drug-likeness (QED) is 0.699. The predicted molar refractivity (Wildman–Crippen MR) is 103 cm³/mol. The van der Waals surface area contributed by atoms with Crippen LogP contribution in [-0.2, 0) is 6.54 Å². The highest BCUT2D eigenvalue weighted by Crippen LogP contribution is 2.18. The summed E-state index contributed by atoms with van der Waals surface area (Å²) in [7, 11) is 0. The lowest BCUT2D eigenvalue weighted by Gasteiger charge is -2.25. The smallest absolute Gasteiger partial charge is 0.274 e. The number of aliphatic hydroxyl groups excluding tert-OH is 1. The molecule has 1 N–H and O–H groups in total. The molecule has 0 fully saturated rings. The number of rotatable bonds is 7. The molecule has 0 saturated heterocycles. The Morgan fingerprint density at radius 3 is 2.44 bits per heavy atom. The summed E-state index contributed by atoms with van der Waals surface area (Å²) in [5.74, 6) is -0.207. The van der Waals surface area contributed by atoms with Gasteiger partial charge in [-0.2, -0.15) is 5.10 Å². The predicted octanol–water partition coefficient (Wildman–Crippen LogP) is 3.24. The summed E-state index contributed by atoms with van der Waals surface area (Å²) in [6.45, 7) is 4.57. The maximum Gasteiger partial charge on any atom is 0.274 e. The van der Waals surface area contributed by atoms with Crippen molar-refractivity contribution in [3.8, 4) is 0 Å². The van der Waals surface area contributed by atoms with Crippen molar-refractivity contribution in [2.45, 2.75) is 32.5 Å². The first kappa shape index (κ1) is 18.8. The third-order valence-corrected chi connectivity index (χ3v) is 4.34. The summed E-state index contributed by atoms with van der Waals surface area (Å²) in [6, 6.07) is 15.0. The number of hydrogen-bond acceptors (Lipinski definition) is 4. The van der Waals surface area contributed by atoms with Gasteiger partial charge in [-0.25, -0.2) is 0 Å². The van der Waals surface area contributed by atoms with E-state index in [0.29, 0.717) is 12.2 Å². The minimum absolute atomic E-state index is 0.176. The van der Waals surface area contributed by atoms with E-state index in [1.807, 2.05) is 56.3 Å². The Kier molecular flexibility index (Phi) is 5.98. The molecular formula is C21H24N4O2. The van der Waals surface area contributed by atoms with Crippen LogP contribution in [0, 0.1) is 0 Å². The Hall–Kier alpha value is -2.99. The van der Waals surface area contributed by atoms with Crippen molar-refractivity contribution < 1.29 is 9.90 Å². The summed E-state index contributed by atoms with van der Waals surface area (Å²) >= 11 is 0. The molecule has 0 saturated carbocycles. The molecule has 0 aliphatic rings. The summed E-state index contributed by atoms with van der Waals surface area (Å²) in [6.07, 6.45) is 4.41. The van der Waals surface area contributed by atoms with E-state index >= 15 is 0 Å². The van der Waals surface area contributed by atoms with Gasteiger partial charge in [-0.05, 0) is 43.2 Å². The second kappa shape index (κ2) is 8.60. The number of pyridine rings is 1. The molecule has 0 aliphatic carbocycles. The second-order valence-electron chi connectivity index (χ2n) is 6.74. The Bertz CT molecular complexity index is 862. The standard InChI is InChI=1S/C21H24N4O2/c1-16(2)25-13-10-19(23-25)21(27)24(14-17-8-11-22-12-9-17)15-20(26)18-6-4-3-5-7-18/h3-13,16,20,26H,14-15H2,1-2H3/t20-/m1/s1. The lowest BCUT2D eigenvalue weighted by atomic mass is 10.1. The minimum Gasteiger partial charge on any atom is -0.387 e. The van der Waals surface area contributed by atoms with Gasteiger partial charge in [-0.3, -0.25) is 14.5 Å². The fourth-order valence-corrected chi connectivity index (χ4v) is 2.82. The summed E-state index contributed by atoms with van der Waals surface area (Å²) in [5, 5.41) is 15.0. The highest BCUT2D eigenvalue weighted by molar-refractivity contribution is 5.92. The molecule has 3 aromatic rings. The first-order valence-corrected chi connectivity index (χ1v) is 9.01. The average Bonchev–Trinajstić information content (AvgIpc) is 3.19. The molecular weight excluding hydrogens is 340 g/mol. The summed E-state index contributed by atoms with van der Waals surface area (Å²) in [4.78, 5) is 18.7. The molecule has 6 nitrogen and oxygen atoms in total. The number of hydrogen-bond donors (Lipinski definition) is 1. The van der Waals surface area contributed by atoms with Crippen molar-refractivity contribution in [3.63, 3.8) is 0 Å². The first-order chi connectivity index (χ1) is 13.0. The Morgan fingerprint density at radius 2 is 1.81 bits per heavy atom. The molecule has 27 heavy (non-hydrogen) atoms. The van der Waals surface area contributed by atoms with Crippen LogP contribution < -0.4 is 0 Å². The summed E-state index contributed by atoms with van der Waals surface area (Å²) < 4.78 is 1.76. The van der Waals surface area contributed by atoms with Gasteiger partial charge in [0.2, 0.25) is 0 Å². The zero-order valence-corrected chi connectivity index (χ0v) is 15.6. The molecule has 0 radical (unpaired) electrons. The van der Waals surface area contributed by atoms with E-state index in [1.54, 1.807) is 34.2 Å². The van der Waals surface area contributed by atoms with Gasteiger partial charge in [-0.15, -0.1) is 0 Å². The fraction of sp³-hybridized carbons (Fsp3) is 0.286. The van der Waals surface area contributed by atoms with Gasteiger partial charge in [0.15, 0.2) is 0 Å². The van der Waals surface area contributed by atoms with Crippen LogP contribution in [-0.4, -0.2) is 37.2 Å². The third kappa shape index (κ3) is 4.80. The minimum atomic E-state index is -0.774. The molecule has 1 aromatic carbocycles. The van der Waals surface area contributed by atoms with Crippen molar-refractivity contribution in [2.75, 3.05) is 6.54 Å². The second-order valence-corrected chi connectivity index (χ2v) is 6.74. The van der Waals surface area contributed by atoms with E-state index in [-0.39, 0.29) is 18.5 Å². The molecule has 0 aliphatic heterocycles. The van der Waals surface area contributed by atoms with Crippen molar-refractivity contribution in [1.82, 2.24) is 19.7 Å². The Morgan fingerprint density at radius 1 is 1.11 bits per heavy atom. The fourth-order valence-electron chi connectivity index (χ4n) is 2.82. The van der Waals surface area contributed by atoms with Crippen LogP contribution in [0.1, 0.15) is 47.6 Å². The molecule has 6 heteroatoms. The van der Waals surface area contributed by atoms with Gasteiger partial charge in [0.05, 0.1) is 12.6 Å². The number of aliphatic hydroxyl groups is 1. The number of benzene rings is 1. The molecule has 0 bridgehead atoms. The van der Waals surface area contributed by atoms with Gasteiger partial charge in [0, 0.05) is 31.2 Å². The largest absolute Gasteiger partial charge is 0.387 e. The van der Waals surface area contributed by atoms with Crippen molar-refractivity contribution in [2.24, 2.45) is 0 Å². The van der Waals surface area contributed by atoms with E-state index in [0.717, 1.165) is 11.1 Å². The zero-order chi connectivity index (χ0) is 19.2. The molecule has 0 spiro atoms. The van der Waals surface area contributed by atoms with Gasteiger partial charge in [-0.1, -0.05) is 30.3 Å². The lowest BCUT2D eigenvalue weighted by molar-refractivity contribution is 0.0597. The highest BCUT2D eigenvalue weighted by atomic mass is 16.3. The number of carbonyl (C=O) groups is 1. The van der Waals surface area contributed by atoms with Crippen LogP contribution in [0.25, 0.3) is 0 Å². The topological polar surface area (TPSA) is 71.2 Å². The molecule has 2 heterocycles. The van der Waals surface area contributed by atoms with Crippen LogP contribution in [0.15, 0.2) is 67.1 Å². The molecule has 3 rings (SSSR count). The van der Waals surface area contributed by atoms with Gasteiger partial charge in [0.1, 0.15) is 5.69 Å². The monoisotopic (exact) mass is 364 g/mol. The third-order valence-electron chi connectivity index (χ3n) is 4.34. The average molecular weight is 364 g/mol. The van der Waals surface area contributed by atoms with Gasteiger partial charge >= 0.3 is 0 Å². The van der Waals surface area contributed by atoms with Crippen LogP contribution in [0.3, 0.4) is 0 Å². The Balaban J connectivity index is 1.83. The summed E-state index contributed by atoms with van der Waals surface area (Å²) in [5.41, 5.74) is 2.10. The van der Waals surface area contributed by atoms with E-state index < -0.39 is 6.10 Å². The molecule has 0 unspecified atom stereocenters. The molecule has 1 atom stereocenters. The molecule has 140 valence electrons. The normalized spacial score (nSPS) is 12.1. The van der Waals surface area contributed by atoms with Crippen LogP contribution in [0.2, 0.25) is 0 Å². The molecule has 2 aromatic heterocycles. The maximum absolute atomic E-state index is 13.1. The molecule has 1 amide bonds. The van der Waals surface area contributed by atoms with Crippen LogP contribution in [0.4, 0.5) is 0 Å². The van der Waals surface area contributed by atoms with Crippen molar-refractivity contribution in [3.05, 3.63) is 83.9 Å². The number of amides is 1. The number of aromatic nitrogens is 3. The number of nitrogens with zero attached hydrogens (tertiary/aromatic N) is 4. The SMILES string of the molecule is CC(C)n1ccc(C(=O)N(Cc2ccncc2)C[C@@H](O)c2ccccc2)n1. The lowest BCUT2D eigenvalue weighted by Crippen LogP contribution is -2.34. The maximum atomic E-state index is 13.1. The zero-order valence-electron chi connectivity index (χ0n) is 15.6. The first-order valence-electron chi connectivity index (χ1n) is 9.01. The van der Waals surface area contributed by atoms with Crippen LogP contribution >= 0.6 is 0 Å². The van der Waals surface area contributed by atoms with Crippen LogP contribution in [0.5, 0.6) is 0 Å². The highest BCUT2D eigenvalue weighted by Gasteiger charge is 2.22. The Labute approximate surface area is 159 Å². The van der Waals surface area contributed by atoms with Crippen molar-refractivity contribution >= 4 is 5.91 Å². The van der Waals surface area contributed by atoms with Gasteiger partial charge in [0.25, 0.3) is 5.91 Å². The van der Waals surface area contributed by atoms with E-state index in [9.17, 15) is 9.90 Å². The van der Waals surface area contributed by atoms with E-state index in [1.165, 1.54) is 0 Å². The van der Waals surface area contributed by atoms with Gasteiger partial charge < -0.3 is 10.0 Å². The van der Waals surface area contributed by atoms with E-state index in [2.05, 4.69) is 10.1 Å². The number of carbonyl (C=O) groups excluding carboxylic acids is 1. The van der Waals surface area contributed by atoms with E-state index in [4.69, 9.17) is 0 Å².